The van der Waals surface area contributed by atoms with Crippen LogP contribution >= 0.6 is 11.6 Å². The van der Waals surface area contributed by atoms with E-state index in [0.29, 0.717) is 46.6 Å². The summed E-state index contributed by atoms with van der Waals surface area (Å²) in [5, 5.41) is 0.405. The molecule has 0 aromatic heterocycles. The lowest BCUT2D eigenvalue weighted by atomic mass is 10.1. The first kappa shape index (κ1) is 19.8. The van der Waals surface area contributed by atoms with Crippen molar-refractivity contribution in [3.05, 3.63) is 58.6 Å². The van der Waals surface area contributed by atoms with Crippen molar-refractivity contribution in [2.24, 2.45) is 0 Å². The van der Waals surface area contributed by atoms with Crippen molar-refractivity contribution in [3.8, 4) is 17.2 Å². The molecule has 1 aliphatic rings. The molecule has 28 heavy (non-hydrogen) atoms. The predicted molar refractivity (Wildman–Crippen MR) is 104 cm³/mol. The largest absolute Gasteiger partial charge is 0.497 e. The Kier molecular flexibility index (Phi) is 6.55. The lowest BCUT2D eigenvalue weighted by Crippen LogP contribution is -2.12. The van der Waals surface area contributed by atoms with Gasteiger partial charge in [-0.15, -0.1) is 0 Å². The summed E-state index contributed by atoms with van der Waals surface area (Å²) in [6, 6.07) is 9.97. The number of fused-ring (bicyclic) bond motifs is 1. The van der Waals surface area contributed by atoms with E-state index in [1.165, 1.54) is 6.08 Å². The summed E-state index contributed by atoms with van der Waals surface area (Å²) in [7, 11) is 1.54. The first-order chi connectivity index (χ1) is 13.6. The monoisotopic (exact) mass is 402 g/mol. The zero-order chi connectivity index (χ0) is 19.9. The molecule has 0 unspecified atom stereocenters. The number of esters is 1. The van der Waals surface area contributed by atoms with Crippen molar-refractivity contribution in [3.63, 3.8) is 0 Å². The Balaban J connectivity index is 1.58. The topological polar surface area (TPSA) is 71.1 Å². The standard InChI is InChI=1S/C21H19ClO6/c1-25-16-6-4-15(5-7-16)18(23)13-28-20(24)8-3-14-11-17(22)21-19(12-14)26-9-2-10-27-21/h3-8,11-12H,2,9-10,13H2,1H3/b8-3+. The highest BCUT2D eigenvalue weighted by molar-refractivity contribution is 6.32. The number of hydrogen-bond acceptors (Lipinski definition) is 6. The van der Waals surface area contributed by atoms with Crippen molar-refractivity contribution in [1.82, 2.24) is 0 Å². The molecule has 0 saturated carbocycles. The number of Topliss-reactive ketones (excluding diaryl/α,β-unsaturated/α-hetero) is 1. The molecule has 2 aromatic carbocycles. The van der Waals surface area contributed by atoms with Gasteiger partial charge in [0.25, 0.3) is 0 Å². The van der Waals surface area contributed by atoms with Gasteiger partial charge in [0.2, 0.25) is 0 Å². The highest BCUT2D eigenvalue weighted by Gasteiger charge is 2.15. The number of carbonyl (C=O) groups is 2. The van der Waals surface area contributed by atoms with Gasteiger partial charge in [-0.05, 0) is 48.0 Å². The van der Waals surface area contributed by atoms with Gasteiger partial charge in [-0.2, -0.15) is 0 Å². The number of rotatable bonds is 6. The average molecular weight is 403 g/mol. The quantitative estimate of drug-likeness (QED) is 0.414. The molecule has 3 rings (SSSR count). The summed E-state index contributed by atoms with van der Waals surface area (Å²) in [6.07, 6.45) is 3.54. The van der Waals surface area contributed by atoms with E-state index < -0.39 is 5.97 Å². The third kappa shape index (κ3) is 5.04. The van der Waals surface area contributed by atoms with Crippen LogP contribution in [0.15, 0.2) is 42.5 Å². The minimum absolute atomic E-state index is 0.303. The van der Waals surface area contributed by atoms with Crippen LogP contribution in [-0.2, 0) is 9.53 Å². The van der Waals surface area contributed by atoms with Gasteiger partial charge >= 0.3 is 5.97 Å². The normalized spacial score (nSPS) is 13.1. The Morgan fingerprint density at radius 2 is 1.89 bits per heavy atom. The molecule has 7 heteroatoms. The lowest BCUT2D eigenvalue weighted by molar-refractivity contribution is -0.136. The minimum Gasteiger partial charge on any atom is -0.497 e. The van der Waals surface area contributed by atoms with Gasteiger partial charge in [0, 0.05) is 18.1 Å². The van der Waals surface area contributed by atoms with E-state index in [-0.39, 0.29) is 12.4 Å². The van der Waals surface area contributed by atoms with E-state index in [4.69, 9.17) is 30.5 Å². The van der Waals surface area contributed by atoms with Crippen molar-refractivity contribution < 1.29 is 28.5 Å². The number of halogens is 1. The maximum absolute atomic E-state index is 12.1. The summed E-state index contributed by atoms with van der Waals surface area (Å²) in [4.78, 5) is 24.0. The van der Waals surface area contributed by atoms with Crippen LogP contribution in [0.4, 0.5) is 0 Å². The molecule has 0 radical (unpaired) electrons. The highest BCUT2D eigenvalue weighted by Crippen LogP contribution is 2.38. The van der Waals surface area contributed by atoms with Crippen LogP contribution in [0.5, 0.6) is 17.2 Å². The second-order valence-electron chi connectivity index (χ2n) is 5.97. The van der Waals surface area contributed by atoms with Crippen LogP contribution in [0.25, 0.3) is 6.08 Å². The molecule has 0 saturated heterocycles. The van der Waals surface area contributed by atoms with E-state index >= 15 is 0 Å². The molecule has 0 bridgehead atoms. The molecule has 146 valence electrons. The van der Waals surface area contributed by atoms with E-state index in [2.05, 4.69) is 0 Å². The van der Waals surface area contributed by atoms with E-state index in [9.17, 15) is 9.59 Å². The number of carbonyl (C=O) groups excluding carboxylic acids is 2. The van der Waals surface area contributed by atoms with Crippen LogP contribution < -0.4 is 14.2 Å². The Bertz CT molecular complexity index is 889. The Labute approximate surface area is 167 Å². The van der Waals surface area contributed by atoms with Crippen molar-refractivity contribution in [1.29, 1.82) is 0 Å². The van der Waals surface area contributed by atoms with Crippen LogP contribution in [0, 0.1) is 0 Å². The molecular weight excluding hydrogens is 384 g/mol. The van der Waals surface area contributed by atoms with E-state index in [0.717, 1.165) is 6.42 Å². The maximum atomic E-state index is 12.1. The Hall–Kier alpha value is -2.99. The lowest BCUT2D eigenvalue weighted by Gasteiger charge is -2.09. The van der Waals surface area contributed by atoms with Gasteiger partial charge in [0.15, 0.2) is 23.9 Å². The molecule has 0 spiro atoms. The van der Waals surface area contributed by atoms with Crippen LogP contribution in [0.3, 0.4) is 0 Å². The van der Waals surface area contributed by atoms with Crippen molar-refractivity contribution >= 4 is 29.4 Å². The number of ketones is 1. The SMILES string of the molecule is COc1ccc(C(=O)COC(=O)/C=C/c2cc(Cl)c3c(c2)OCCCO3)cc1. The molecule has 1 aliphatic heterocycles. The fourth-order valence-corrected chi connectivity index (χ4v) is 2.83. The van der Waals surface area contributed by atoms with Gasteiger partial charge in [-0.3, -0.25) is 4.79 Å². The summed E-state index contributed by atoms with van der Waals surface area (Å²) < 4.78 is 21.2. The van der Waals surface area contributed by atoms with Gasteiger partial charge in [-0.25, -0.2) is 4.79 Å². The minimum atomic E-state index is -0.634. The predicted octanol–water partition coefficient (Wildman–Crippen LogP) is 3.95. The third-order valence-electron chi connectivity index (χ3n) is 3.99. The Morgan fingerprint density at radius 3 is 2.64 bits per heavy atom. The summed E-state index contributed by atoms with van der Waals surface area (Å²) >= 11 is 6.22. The highest BCUT2D eigenvalue weighted by atomic mass is 35.5. The molecule has 0 N–H and O–H groups in total. The zero-order valence-electron chi connectivity index (χ0n) is 15.3. The van der Waals surface area contributed by atoms with Crippen molar-refractivity contribution in [2.75, 3.05) is 26.9 Å². The van der Waals surface area contributed by atoms with Crippen molar-refractivity contribution in [2.45, 2.75) is 6.42 Å². The van der Waals surface area contributed by atoms with Gasteiger partial charge in [0.05, 0.1) is 25.3 Å². The average Bonchev–Trinajstić information content (AvgIpc) is 2.96. The van der Waals surface area contributed by atoms with Gasteiger partial charge < -0.3 is 18.9 Å². The molecule has 0 atom stereocenters. The number of benzene rings is 2. The number of methoxy groups -OCH3 is 1. The molecular formula is C21H19ClO6. The van der Waals surface area contributed by atoms with Gasteiger partial charge in [-0.1, -0.05) is 11.6 Å². The van der Waals surface area contributed by atoms with Crippen LogP contribution in [0.2, 0.25) is 5.02 Å². The molecule has 0 aliphatic carbocycles. The van der Waals surface area contributed by atoms with Crippen LogP contribution in [-0.4, -0.2) is 38.7 Å². The smallest absolute Gasteiger partial charge is 0.331 e. The van der Waals surface area contributed by atoms with E-state index in [1.54, 1.807) is 49.6 Å². The number of ether oxygens (including phenoxy) is 4. The molecule has 1 heterocycles. The third-order valence-corrected chi connectivity index (χ3v) is 4.27. The second-order valence-corrected chi connectivity index (χ2v) is 6.38. The number of hydrogen-bond donors (Lipinski definition) is 0. The van der Waals surface area contributed by atoms with Gasteiger partial charge in [0.1, 0.15) is 5.75 Å². The summed E-state index contributed by atoms with van der Waals surface area (Å²) in [5.74, 6) is 0.745. The summed E-state index contributed by atoms with van der Waals surface area (Å²) in [5.41, 5.74) is 1.10. The molecule has 6 nitrogen and oxygen atoms in total. The Morgan fingerprint density at radius 1 is 1.14 bits per heavy atom. The first-order valence-electron chi connectivity index (χ1n) is 8.68. The fraction of sp³-hybridized carbons (Fsp3) is 0.238. The zero-order valence-corrected chi connectivity index (χ0v) is 16.0. The maximum Gasteiger partial charge on any atom is 0.331 e. The summed E-state index contributed by atoms with van der Waals surface area (Å²) in [6.45, 7) is 0.722. The molecule has 2 aromatic rings. The second kappa shape index (κ2) is 9.28. The van der Waals surface area contributed by atoms with Crippen LogP contribution in [0.1, 0.15) is 22.3 Å². The fourth-order valence-electron chi connectivity index (χ4n) is 2.56. The van der Waals surface area contributed by atoms with E-state index in [1.807, 2.05) is 0 Å². The first-order valence-corrected chi connectivity index (χ1v) is 9.06. The molecule has 0 amide bonds. The molecule has 0 fully saturated rings.